The zero-order valence-corrected chi connectivity index (χ0v) is 10.9. The van der Waals surface area contributed by atoms with Gasteiger partial charge in [0.25, 0.3) is 0 Å². The van der Waals surface area contributed by atoms with E-state index in [0.717, 1.165) is 12.1 Å². The van der Waals surface area contributed by atoms with E-state index in [0.29, 0.717) is 23.1 Å². The topological polar surface area (TPSA) is 50.7 Å². The predicted octanol–water partition coefficient (Wildman–Crippen LogP) is 1.83. The van der Waals surface area contributed by atoms with Crippen molar-refractivity contribution in [2.45, 2.75) is 13.5 Å². The summed E-state index contributed by atoms with van der Waals surface area (Å²) < 4.78 is 10.7. The molecule has 96 valence electrons. The highest BCUT2D eigenvalue weighted by atomic mass is 35.5. The second-order valence-electron chi connectivity index (χ2n) is 3.45. The molecule has 2 N–H and O–H groups in total. The molecule has 1 aromatic rings. The van der Waals surface area contributed by atoms with Crippen molar-refractivity contribution in [1.82, 2.24) is 5.32 Å². The Morgan fingerprint density at radius 2 is 2.18 bits per heavy atom. The summed E-state index contributed by atoms with van der Waals surface area (Å²) in [5, 5.41) is 12.6. The van der Waals surface area contributed by atoms with Gasteiger partial charge >= 0.3 is 0 Å². The van der Waals surface area contributed by atoms with E-state index < -0.39 is 0 Å². The van der Waals surface area contributed by atoms with E-state index in [-0.39, 0.29) is 13.2 Å². The molecule has 17 heavy (non-hydrogen) atoms. The fraction of sp³-hybridized carbons (Fsp3) is 0.500. The molecule has 0 aromatic heterocycles. The molecule has 0 fully saturated rings. The highest BCUT2D eigenvalue weighted by molar-refractivity contribution is 6.30. The first-order valence-corrected chi connectivity index (χ1v) is 5.91. The molecule has 0 atom stereocenters. The Labute approximate surface area is 106 Å². The van der Waals surface area contributed by atoms with Crippen LogP contribution in [0.15, 0.2) is 12.1 Å². The van der Waals surface area contributed by atoms with Crippen LogP contribution in [-0.2, 0) is 6.54 Å². The van der Waals surface area contributed by atoms with Crippen LogP contribution in [0.25, 0.3) is 0 Å². The Morgan fingerprint density at radius 1 is 1.41 bits per heavy atom. The Balaban J connectivity index is 2.99. The fourth-order valence-corrected chi connectivity index (χ4v) is 1.71. The number of aliphatic hydroxyl groups is 1. The minimum Gasteiger partial charge on any atom is -0.493 e. The molecule has 0 amide bonds. The molecule has 0 saturated heterocycles. The van der Waals surface area contributed by atoms with Crippen LogP contribution in [-0.4, -0.2) is 32.0 Å². The SMILES string of the molecule is CCNCc1cc(Cl)cc(OC)c1OCCO. The maximum absolute atomic E-state index is 8.81. The van der Waals surface area contributed by atoms with E-state index in [1.807, 2.05) is 13.0 Å². The molecule has 0 spiro atoms. The van der Waals surface area contributed by atoms with Gasteiger partial charge in [-0.1, -0.05) is 18.5 Å². The smallest absolute Gasteiger partial charge is 0.165 e. The molecule has 0 bridgehead atoms. The number of nitrogens with one attached hydrogen (secondary N) is 1. The number of ether oxygens (including phenoxy) is 2. The van der Waals surface area contributed by atoms with Crippen molar-refractivity contribution in [3.8, 4) is 11.5 Å². The van der Waals surface area contributed by atoms with Crippen LogP contribution >= 0.6 is 11.6 Å². The standard InChI is InChI=1S/C12H18ClNO3/c1-3-14-8-9-6-10(13)7-11(16-2)12(9)17-5-4-15/h6-7,14-15H,3-5,8H2,1-2H3. The van der Waals surface area contributed by atoms with Crippen LogP contribution in [0.1, 0.15) is 12.5 Å². The van der Waals surface area contributed by atoms with Gasteiger partial charge in [0, 0.05) is 23.2 Å². The van der Waals surface area contributed by atoms with Crippen molar-refractivity contribution >= 4 is 11.6 Å². The van der Waals surface area contributed by atoms with Crippen molar-refractivity contribution in [1.29, 1.82) is 0 Å². The molecule has 0 saturated carbocycles. The summed E-state index contributed by atoms with van der Waals surface area (Å²) in [7, 11) is 1.56. The van der Waals surface area contributed by atoms with Gasteiger partial charge in [0.15, 0.2) is 11.5 Å². The molecule has 0 aliphatic carbocycles. The van der Waals surface area contributed by atoms with Crippen LogP contribution in [0.4, 0.5) is 0 Å². The second-order valence-corrected chi connectivity index (χ2v) is 3.89. The summed E-state index contributed by atoms with van der Waals surface area (Å²) in [6, 6.07) is 3.53. The lowest BCUT2D eigenvalue weighted by Gasteiger charge is -2.15. The van der Waals surface area contributed by atoms with Crippen LogP contribution in [0, 0.1) is 0 Å². The molecule has 1 aromatic carbocycles. The van der Waals surface area contributed by atoms with E-state index in [4.69, 9.17) is 26.2 Å². The Hall–Kier alpha value is -0.970. The molecule has 0 heterocycles. The van der Waals surface area contributed by atoms with Gasteiger partial charge in [-0.2, -0.15) is 0 Å². The average molecular weight is 260 g/mol. The quantitative estimate of drug-likeness (QED) is 0.784. The number of hydrogen-bond acceptors (Lipinski definition) is 4. The molecule has 0 unspecified atom stereocenters. The second kappa shape index (κ2) is 7.37. The van der Waals surface area contributed by atoms with Gasteiger partial charge in [0.05, 0.1) is 13.7 Å². The molecule has 0 aliphatic heterocycles. The van der Waals surface area contributed by atoms with Gasteiger partial charge in [-0.15, -0.1) is 0 Å². The van der Waals surface area contributed by atoms with Crippen molar-refractivity contribution < 1.29 is 14.6 Å². The van der Waals surface area contributed by atoms with Crippen LogP contribution in [0.2, 0.25) is 5.02 Å². The van der Waals surface area contributed by atoms with Crippen LogP contribution < -0.4 is 14.8 Å². The normalized spacial score (nSPS) is 10.4. The third kappa shape index (κ3) is 4.07. The largest absolute Gasteiger partial charge is 0.493 e. The molecule has 0 aliphatic rings. The maximum Gasteiger partial charge on any atom is 0.165 e. The Morgan fingerprint density at radius 3 is 2.76 bits per heavy atom. The first-order chi connectivity index (χ1) is 8.22. The highest BCUT2D eigenvalue weighted by Crippen LogP contribution is 2.34. The lowest BCUT2D eigenvalue weighted by atomic mass is 10.2. The number of hydrogen-bond donors (Lipinski definition) is 2. The average Bonchev–Trinajstić information content (AvgIpc) is 2.34. The van der Waals surface area contributed by atoms with E-state index in [1.54, 1.807) is 13.2 Å². The summed E-state index contributed by atoms with van der Waals surface area (Å²) in [4.78, 5) is 0. The Kier molecular flexibility index (Phi) is 6.11. The van der Waals surface area contributed by atoms with E-state index in [2.05, 4.69) is 5.32 Å². The van der Waals surface area contributed by atoms with Gasteiger partial charge in [-0.3, -0.25) is 0 Å². The number of rotatable bonds is 7. The summed E-state index contributed by atoms with van der Waals surface area (Å²) in [5.41, 5.74) is 0.921. The van der Waals surface area contributed by atoms with Crippen LogP contribution in [0.5, 0.6) is 11.5 Å². The van der Waals surface area contributed by atoms with Gasteiger partial charge in [-0.05, 0) is 12.6 Å². The monoisotopic (exact) mass is 259 g/mol. The lowest BCUT2D eigenvalue weighted by Crippen LogP contribution is -2.14. The summed E-state index contributed by atoms with van der Waals surface area (Å²) in [6.07, 6.45) is 0. The molecular weight excluding hydrogens is 242 g/mol. The number of methoxy groups -OCH3 is 1. The number of halogens is 1. The van der Waals surface area contributed by atoms with Gasteiger partial charge in [0.1, 0.15) is 6.61 Å². The minimum absolute atomic E-state index is 0.0353. The highest BCUT2D eigenvalue weighted by Gasteiger charge is 2.12. The first kappa shape index (κ1) is 14.1. The maximum atomic E-state index is 8.81. The van der Waals surface area contributed by atoms with E-state index in [9.17, 15) is 0 Å². The zero-order chi connectivity index (χ0) is 12.7. The van der Waals surface area contributed by atoms with Crippen molar-refractivity contribution in [2.75, 3.05) is 26.9 Å². The predicted molar refractivity (Wildman–Crippen MR) is 68.0 cm³/mol. The summed E-state index contributed by atoms with van der Waals surface area (Å²) in [5.74, 6) is 1.21. The number of benzene rings is 1. The Bertz CT molecular complexity index is 358. The summed E-state index contributed by atoms with van der Waals surface area (Å²) >= 11 is 6.00. The van der Waals surface area contributed by atoms with Crippen molar-refractivity contribution in [2.24, 2.45) is 0 Å². The minimum atomic E-state index is -0.0353. The van der Waals surface area contributed by atoms with Gasteiger partial charge in [0.2, 0.25) is 0 Å². The molecule has 1 rings (SSSR count). The van der Waals surface area contributed by atoms with E-state index >= 15 is 0 Å². The molecular formula is C12H18ClNO3. The lowest BCUT2D eigenvalue weighted by molar-refractivity contribution is 0.195. The van der Waals surface area contributed by atoms with Crippen molar-refractivity contribution in [3.05, 3.63) is 22.7 Å². The van der Waals surface area contributed by atoms with E-state index in [1.165, 1.54) is 0 Å². The van der Waals surface area contributed by atoms with Crippen molar-refractivity contribution in [3.63, 3.8) is 0 Å². The number of aliphatic hydroxyl groups excluding tert-OH is 1. The third-order valence-corrected chi connectivity index (χ3v) is 2.44. The summed E-state index contributed by atoms with van der Waals surface area (Å²) in [6.45, 7) is 3.72. The third-order valence-electron chi connectivity index (χ3n) is 2.22. The first-order valence-electron chi connectivity index (χ1n) is 5.53. The van der Waals surface area contributed by atoms with Gasteiger partial charge in [-0.25, -0.2) is 0 Å². The van der Waals surface area contributed by atoms with Crippen LogP contribution in [0.3, 0.4) is 0 Å². The molecule has 5 heteroatoms. The molecule has 4 nitrogen and oxygen atoms in total. The fourth-order valence-electron chi connectivity index (χ4n) is 1.48. The zero-order valence-electron chi connectivity index (χ0n) is 10.1. The van der Waals surface area contributed by atoms with Gasteiger partial charge < -0.3 is 19.9 Å². The molecule has 0 radical (unpaired) electrons.